The summed E-state index contributed by atoms with van der Waals surface area (Å²) in [5.74, 6) is 0. The second kappa shape index (κ2) is 2.46. The first kappa shape index (κ1) is 9.01. The predicted octanol–water partition coefficient (Wildman–Crippen LogP) is 1.10. The normalized spacial score (nSPS) is 24.8. The number of rotatable bonds is 2. The molecule has 1 aliphatic heterocycles. The van der Waals surface area contributed by atoms with Crippen LogP contribution in [0, 0.1) is 5.41 Å². The van der Waals surface area contributed by atoms with Gasteiger partial charge in [0.15, 0.2) is 0 Å². The van der Waals surface area contributed by atoms with Gasteiger partial charge in [-0.2, -0.15) is 0 Å². The molecule has 1 rings (SSSR count). The van der Waals surface area contributed by atoms with E-state index >= 15 is 0 Å². The SMILES string of the molecule is CC1(C)CN(C(C)(C)CO)C1. The van der Waals surface area contributed by atoms with Crippen LogP contribution >= 0.6 is 0 Å². The Labute approximate surface area is 69.2 Å². The monoisotopic (exact) mass is 157 g/mol. The molecule has 0 radical (unpaired) electrons. The van der Waals surface area contributed by atoms with Gasteiger partial charge in [-0.1, -0.05) is 13.8 Å². The third-order valence-electron chi connectivity index (χ3n) is 2.48. The molecule has 1 heterocycles. The van der Waals surface area contributed by atoms with Crippen molar-refractivity contribution >= 4 is 0 Å². The first-order chi connectivity index (χ1) is 4.87. The van der Waals surface area contributed by atoms with Crippen molar-refractivity contribution in [1.82, 2.24) is 4.90 Å². The summed E-state index contributed by atoms with van der Waals surface area (Å²) in [4.78, 5) is 2.33. The van der Waals surface area contributed by atoms with Gasteiger partial charge in [-0.05, 0) is 19.3 Å². The van der Waals surface area contributed by atoms with E-state index in [1.54, 1.807) is 0 Å². The Morgan fingerprint density at radius 1 is 1.36 bits per heavy atom. The van der Waals surface area contributed by atoms with E-state index in [1.807, 2.05) is 0 Å². The molecular weight excluding hydrogens is 138 g/mol. The Hall–Kier alpha value is -0.0800. The largest absolute Gasteiger partial charge is 0.394 e. The highest BCUT2D eigenvalue weighted by molar-refractivity contribution is 4.95. The molecule has 2 heteroatoms. The Bertz CT molecular complexity index is 144. The zero-order valence-electron chi connectivity index (χ0n) is 8.02. The van der Waals surface area contributed by atoms with Crippen molar-refractivity contribution in [3.05, 3.63) is 0 Å². The van der Waals surface area contributed by atoms with Crippen LogP contribution in [0.15, 0.2) is 0 Å². The van der Waals surface area contributed by atoms with Gasteiger partial charge >= 0.3 is 0 Å². The second-order valence-electron chi connectivity index (χ2n) is 4.99. The van der Waals surface area contributed by atoms with Crippen LogP contribution in [0.4, 0.5) is 0 Å². The van der Waals surface area contributed by atoms with Crippen molar-refractivity contribution in [2.24, 2.45) is 5.41 Å². The number of nitrogens with zero attached hydrogens (tertiary/aromatic N) is 1. The van der Waals surface area contributed by atoms with Gasteiger partial charge in [-0.3, -0.25) is 4.90 Å². The van der Waals surface area contributed by atoms with Crippen LogP contribution < -0.4 is 0 Å². The molecule has 11 heavy (non-hydrogen) atoms. The van der Waals surface area contributed by atoms with Crippen LogP contribution in [0.5, 0.6) is 0 Å². The van der Waals surface area contributed by atoms with Gasteiger partial charge in [0.1, 0.15) is 0 Å². The number of likely N-dealkylation sites (tertiary alicyclic amines) is 1. The van der Waals surface area contributed by atoms with E-state index in [-0.39, 0.29) is 12.1 Å². The average molecular weight is 157 g/mol. The molecular formula is C9H19NO. The van der Waals surface area contributed by atoms with Gasteiger partial charge in [-0.25, -0.2) is 0 Å². The van der Waals surface area contributed by atoms with Gasteiger partial charge in [0.2, 0.25) is 0 Å². The van der Waals surface area contributed by atoms with Crippen molar-refractivity contribution in [2.75, 3.05) is 19.7 Å². The molecule has 0 spiro atoms. The standard InChI is InChI=1S/C9H19NO/c1-8(2)5-10(6-8)9(3,4)7-11/h11H,5-7H2,1-4H3. The topological polar surface area (TPSA) is 23.5 Å². The minimum Gasteiger partial charge on any atom is -0.394 e. The summed E-state index contributed by atoms with van der Waals surface area (Å²) in [6.07, 6.45) is 0. The molecule has 0 aromatic carbocycles. The third-order valence-corrected chi connectivity index (χ3v) is 2.48. The van der Waals surface area contributed by atoms with Crippen molar-refractivity contribution in [2.45, 2.75) is 33.2 Å². The third kappa shape index (κ3) is 1.74. The lowest BCUT2D eigenvalue weighted by Crippen LogP contribution is -2.62. The van der Waals surface area contributed by atoms with Gasteiger partial charge in [0.25, 0.3) is 0 Å². The zero-order valence-corrected chi connectivity index (χ0v) is 8.02. The summed E-state index contributed by atoms with van der Waals surface area (Å²) in [7, 11) is 0. The lowest BCUT2D eigenvalue weighted by Gasteiger charge is -2.53. The van der Waals surface area contributed by atoms with Crippen LogP contribution in [0.25, 0.3) is 0 Å². The molecule has 0 aliphatic carbocycles. The Balaban J connectivity index is 2.43. The smallest absolute Gasteiger partial charge is 0.0610 e. The molecule has 1 aliphatic rings. The van der Waals surface area contributed by atoms with E-state index in [0.717, 1.165) is 13.1 Å². The van der Waals surface area contributed by atoms with E-state index in [1.165, 1.54) is 0 Å². The second-order valence-corrected chi connectivity index (χ2v) is 4.99. The lowest BCUT2D eigenvalue weighted by atomic mass is 9.80. The van der Waals surface area contributed by atoms with Gasteiger partial charge in [0.05, 0.1) is 6.61 Å². The highest BCUT2D eigenvalue weighted by Crippen LogP contribution is 2.34. The van der Waals surface area contributed by atoms with E-state index in [0.29, 0.717) is 5.41 Å². The van der Waals surface area contributed by atoms with Crippen LogP contribution in [0.3, 0.4) is 0 Å². The molecule has 0 atom stereocenters. The summed E-state index contributed by atoms with van der Waals surface area (Å²) in [6, 6.07) is 0. The van der Waals surface area contributed by atoms with E-state index in [4.69, 9.17) is 5.11 Å². The summed E-state index contributed by atoms with van der Waals surface area (Å²) in [6.45, 7) is 11.2. The Morgan fingerprint density at radius 3 is 2.09 bits per heavy atom. The maximum Gasteiger partial charge on any atom is 0.0610 e. The predicted molar refractivity (Wildman–Crippen MR) is 46.5 cm³/mol. The van der Waals surface area contributed by atoms with Crippen LogP contribution in [0.1, 0.15) is 27.7 Å². The van der Waals surface area contributed by atoms with Crippen LogP contribution in [-0.2, 0) is 0 Å². The number of aliphatic hydroxyl groups is 1. The molecule has 2 nitrogen and oxygen atoms in total. The maximum atomic E-state index is 9.06. The van der Waals surface area contributed by atoms with Gasteiger partial charge in [-0.15, -0.1) is 0 Å². The van der Waals surface area contributed by atoms with E-state index in [9.17, 15) is 0 Å². The van der Waals surface area contributed by atoms with Crippen LogP contribution in [0.2, 0.25) is 0 Å². The first-order valence-corrected chi connectivity index (χ1v) is 4.23. The Kier molecular flexibility index (Phi) is 2.01. The molecule has 0 bridgehead atoms. The van der Waals surface area contributed by atoms with E-state index < -0.39 is 0 Å². The number of hydrogen-bond donors (Lipinski definition) is 1. The average Bonchev–Trinajstić information content (AvgIpc) is 1.83. The summed E-state index contributed by atoms with van der Waals surface area (Å²) in [5, 5.41) is 9.06. The lowest BCUT2D eigenvalue weighted by molar-refractivity contribution is -0.0653. The highest BCUT2D eigenvalue weighted by atomic mass is 16.3. The number of hydrogen-bond acceptors (Lipinski definition) is 2. The van der Waals surface area contributed by atoms with E-state index in [2.05, 4.69) is 32.6 Å². The molecule has 1 fully saturated rings. The quantitative estimate of drug-likeness (QED) is 0.649. The maximum absolute atomic E-state index is 9.06. The van der Waals surface area contributed by atoms with Gasteiger partial charge in [0, 0.05) is 18.6 Å². The molecule has 0 amide bonds. The van der Waals surface area contributed by atoms with Crippen molar-refractivity contribution in [1.29, 1.82) is 0 Å². The summed E-state index contributed by atoms with van der Waals surface area (Å²) < 4.78 is 0. The molecule has 0 aromatic heterocycles. The summed E-state index contributed by atoms with van der Waals surface area (Å²) in [5.41, 5.74) is 0.446. The van der Waals surface area contributed by atoms with Gasteiger partial charge < -0.3 is 5.11 Å². The molecule has 1 saturated heterocycles. The van der Waals surface area contributed by atoms with Crippen molar-refractivity contribution in [3.63, 3.8) is 0 Å². The fourth-order valence-corrected chi connectivity index (χ4v) is 1.52. The van der Waals surface area contributed by atoms with Crippen LogP contribution in [-0.4, -0.2) is 35.2 Å². The molecule has 0 unspecified atom stereocenters. The van der Waals surface area contributed by atoms with Crippen molar-refractivity contribution in [3.8, 4) is 0 Å². The highest BCUT2D eigenvalue weighted by Gasteiger charge is 2.41. The number of aliphatic hydroxyl groups excluding tert-OH is 1. The molecule has 1 N–H and O–H groups in total. The Morgan fingerprint density at radius 2 is 1.82 bits per heavy atom. The molecule has 0 saturated carbocycles. The fourth-order valence-electron chi connectivity index (χ4n) is 1.52. The fraction of sp³-hybridized carbons (Fsp3) is 1.00. The molecule has 66 valence electrons. The minimum atomic E-state index is -0.0183. The summed E-state index contributed by atoms with van der Waals surface area (Å²) >= 11 is 0. The first-order valence-electron chi connectivity index (χ1n) is 4.23. The minimum absolute atomic E-state index is 0.0183. The zero-order chi connectivity index (χ0) is 8.70. The molecule has 0 aromatic rings. The van der Waals surface area contributed by atoms with Crippen molar-refractivity contribution < 1.29 is 5.11 Å².